The molecule has 4 rings (SSSR count). The quantitative estimate of drug-likeness (QED) is 0.372. The molecule has 1 aliphatic heterocycles. The van der Waals surface area contributed by atoms with Gasteiger partial charge in [-0.3, -0.25) is 14.5 Å². The van der Waals surface area contributed by atoms with Crippen molar-refractivity contribution in [2.75, 3.05) is 0 Å². The number of nitrogens with zero attached hydrogens (tertiary/aromatic N) is 1. The van der Waals surface area contributed by atoms with E-state index in [1.54, 1.807) is 24.3 Å². The molecule has 0 aliphatic carbocycles. The fraction of sp³-hybridized carbons (Fsp3) is 0.0833. The van der Waals surface area contributed by atoms with Crippen LogP contribution in [0, 0.1) is 0 Å². The molecule has 2 amide bonds. The molecule has 0 atom stereocenters. The van der Waals surface area contributed by atoms with Gasteiger partial charge >= 0.3 is 0 Å². The van der Waals surface area contributed by atoms with Crippen LogP contribution in [0.3, 0.4) is 0 Å². The van der Waals surface area contributed by atoms with Gasteiger partial charge in [0.2, 0.25) is 0 Å². The minimum atomic E-state index is -0.342. The van der Waals surface area contributed by atoms with Crippen molar-refractivity contribution in [2.45, 2.75) is 13.2 Å². The molecule has 0 bridgehead atoms. The Kier molecular flexibility index (Phi) is 6.66. The zero-order valence-electron chi connectivity index (χ0n) is 16.3. The Morgan fingerprint density at radius 1 is 0.935 bits per heavy atom. The summed E-state index contributed by atoms with van der Waals surface area (Å²) in [4.78, 5) is 26.7. The maximum Gasteiger partial charge on any atom is 0.293 e. The molecule has 1 heterocycles. The van der Waals surface area contributed by atoms with Gasteiger partial charge in [0.15, 0.2) is 0 Å². The van der Waals surface area contributed by atoms with Crippen LogP contribution in [0.1, 0.15) is 16.7 Å². The molecule has 0 saturated carbocycles. The van der Waals surface area contributed by atoms with Gasteiger partial charge in [0, 0.05) is 10.0 Å². The van der Waals surface area contributed by atoms with Crippen LogP contribution >= 0.6 is 35.0 Å². The summed E-state index contributed by atoms with van der Waals surface area (Å²) in [5.74, 6) is 0.386. The number of carbonyl (C=O) groups excluding carboxylic acids is 2. The van der Waals surface area contributed by atoms with Crippen molar-refractivity contribution < 1.29 is 14.3 Å². The van der Waals surface area contributed by atoms with Gasteiger partial charge in [0.25, 0.3) is 11.1 Å². The Morgan fingerprint density at radius 3 is 2.39 bits per heavy atom. The number of thioether (sulfide) groups is 1. The van der Waals surface area contributed by atoms with E-state index in [0.29, 0.717) is 27.1 Å². The third-order valence-corrected chi connectivity index (χ3v) is 6.14. The molecule has 156 valence electrons. The molecule has 3 aromatic carbocycles. The smallest absolute Gasteiger partial charge is 0.293 e. The number of benzene rings is 3. The van der Waals surface area contributed by atoms with Crippen LogP contribution in [0.25, 0.3) is 6.08 Å². The molecular weight excluding hydrogens is 453 g/mol. The lowest BCUT2D eigenvalue weighted by Crippen LogP contribution is -2.27. The molecule has 0 radical (unpaired) electrons. The standard InChI is InChI=1S/C24H17Cl2NO3S/c25-19-9-8-18(21(26)13-19)14-27-23(28)22(31-24(27)29)12-16-6-10-20(11-7-16)30-15-17-4-2-1-3-5-17/h1-13H,14-15H2/b22-12+. The van der Waals surface area contributed by atoms with Gasteiger partial charge in [-0.15, -0.1) is 0 Å². The van der Waals surface area contributed by atoms with E-state index >= 15 is 0 Å². The van der Waals surface area contributed by atoms with E-state index < -0.39 is 0 Å². The summed E-state index contributed by atoms with van der Waals surface area (Å²) in [6.07, 6.45) is 1.70. The monoisotopic (exact) mass is 469 g/mol. The van der Waals surface area contributed by atoms with Gasteiger partial charge in [-0.25, -0.2) is 0 Å². The van der Waals surface area contributed by atoms with Crippen LogP contribution < -0.4 is 4.74 Å². The van der Waals surface area contributed by atoms with Crippen molar-refractivity contribution in [3.8, 4) is 5.75 Å². The van der Waals surface area contributed by atoms with Crippen LogP contribution in [0.4, 0.5) is 4.79 Å². The Hall–Kier alpha value is -2.73. The van der Waals surface area contributed by atoms with Crippen molar-refractivity contribution in [1.29, 1.82) is 0 Å². The number of hydrogen-bond donors (Lipinski definition) is 0. The number of hydrogen-bond acceptors (Lipinski definition) is 4. The second kappa shape index (κ2) is 9.60. The minimum Gasteiger partial charge on any atom is -0.489 e. The van der Waals surface area contributed by atoms with Crippen molar-refractivity contribution in [2.24, 2.45) is 0 Å². The topological polar surface area (TPSA) is 46.6 Å². The van der Waals surface area contributed by atoms with Gasteiger partial charge in [-0.2, -0.15) is 0 Å². The SMILES string of the molecule is O=C1S/C(=C/c2ccc(OCc3ccccc3)cc2)C(=O)N1Cc1ccc(Cl)cc1Cl. The summed E-state index contributed by atoms with van der Waals surface area (Å²) in [5, 5.41) is 0.589. The largest absolute Gasteiger partial charge is 0.489 e. The van der Waals surface area contributed by atoms with E-state index in [1.165, 1.54) is 4.90 Å². The molecule has 1 saturated heterocycles. The molecule has 0 spiro atoms. The highest BCUT2D eigenvalue weighted by Crippen LogP contribution is 2.34. The Morgan fingerprint density at radius 2 is 1.68 bits per heavy atom. The number of amides is 2. The van der Waals surface area contributed by atoms with Gasteiger partial charge in [-0.1, -0.05) is 71.7 Å². The Labute approximate surface area is 194 Å². The Bertz CT molecular complexity index is 1150. The first-order valence-corrected chi connectivity index (χ1v) is 11.0. The lowest BCUT2D eigenvalue weighted by Gasteiger charge is -2.13. The molecule has 31 heavy (non-hydrogen) atoms. The predicted molar refractivity (Wildman–Crippen MR) is 125 cm³/mol. The van der Waals surface area contributed by atoms with Crippen LogP contribution in [-0.2, 0) is 17.9 Å². The lowest BCUT2D eigenvalue weighted by molar-refractivity contribution is -0.123. The summed E-state index contributed by atoms with van der Waals surface area (Å²) in [5.41, 5.74) is 2.55. The van der Waals surface area contributed by atoms with E-state index in [4.69, 9.17) is 27.9 Å². The third-order valence-electron chi connectivity index (χ3n) is 4.64. The van der Waals surface area contributed by atoms with Gasteiger partial charge in [-0.05, 0) is 58.8 Å². The second-order valence-corrected chi connectivity index (χ2v) is 8.68. The van der Waals surface area contributed by atoms with Crippen LogP contribution in [0.15, 0.2) is 77.7 Å². The number of halogens is 2. The molecule has 0 N–H and O–H groups in total. The second-order valence-electron chi connectivity index (χ2n) is 6.85. The first-order valence-electron chi connectivity index (χ1n) is 9.46. The first-order chi connectivity index (χ1) is 15.0. The minimum absolute atomic E-state index is 0.101. The van der Waals surface area contributed by atoms with E-state index in [1.807, 2.05) is 54.6 Å². The number of carbonyl (C=O) groups is 2. The number of ether oxygens (including phenoxy) is 1. The summed E-state index contributed by atoms with van der Waals surface area (Å²) in [6.45, 7) is 0.580. The lowest BCUT2D eigenvalue weighted by atomic mass is 10.2. The van der Waals surface area contributed by atoms with Gasteiger partial charge in [0.1, 0.15) is 12.4 Å². The van der Waals surface area contributed by atoms with Gasteiger partial charge in [0.05, 0.1) is 11.4 Å². The number of rotatable bonds is 6. The van der Waals surface area contributed by atoms with E-state index in [9.17, 15) is 9.59 Å². The highest BCUT2D eigenvalue weighted by molar-refractivity contribution is 8.18. The summed E-state index contributed by atoms with van der Waals surface area (Å²) >= 11 is 13.0. The van der Waals surface area contributed by atoms with Crippen molar-refractivity contribution in [3.63, 3.8) is 0 Å². The summed E-state index contributed by atoms with van der Waals surface area (Å²) in [6, 6.07) is 22.3. The zero-order chi connectivity index (χ0) is 21.8. The summed E-state index contributed by atoms with van der Waals surface area (Å²) in [7, 11) is 0. The van der Waals surface area contributed by atoms with E-state index in [-0.39, 0.29) is 17.7 Å². The van der Waals surface area contributed by atoms with Gasteiger partial charge < -0.3 is 4.74 Å². The zero-order valence-corrected chi connectivity index (χ0v) is 18.6. The average molecular weight is 470 g/mol. The van der Waals surface area contributed by atoms with Crippen molar-refractivity contribution in [1.82, 2.24) is 4.90 Å². The highest BCUT2D eigenvalue weighted by Gasteiger charge is 2.35. The third kappa shape index (κ3) is 5.31. The van der Waals surface area contributed by atoms with Crippen molar-refractivity contribution in [3.05, 3.63) is 104 Å². The van der Waals surface area contributed by atoms with Crippen LogP contribution in [0.2, 0.25) is 10.0 Å². The van der Waals surface area contributed by atoms with Crippen molar-refractivity contribution >= 4 is 52.2 Å². The normalized spacial score (nSPS) is 15.0. The molecule has 7 heteroatoms. The number of imide groups is 1. The highest BCUT2D eigenvalue weighted by atomic mass is 35.5. The molecule has 1 fully saturated rings. The molecule has 0 unspecified atom stereocenters. The molecule has 4 nitrogen and oxygen atoms in total. The predicted octanol–water partition coefficient (Wildman–Crippen LogP) is 6.81. The molecule has 3 aromatic rings. The Balaban J connectivity index is 1.42. The fourth-order valence-electron chi connectivity index (χ4n) is 3.01. The first kappa shape index (κ1) is 21.5. The molecule has 0 aromatic heterocycles. The molecular formula is C24H17Cl2NO3S. The van der Waals surface area contributed by atoms with E-state index in [0.717, 1.165) is 28.6 Å². The van der Waals surface area contributed by atoms with Crippen LogP contribution in [0.5, 0.6) is 5.75 Å². The maximum absolute atomic E-state index is 12.8. The maximum atomic E-state index is 12.8. The van der Waals surface area contributed by atoms with E-state index in [2.05, 4.69) is 0 Å². The summed E-state index contributed by atoms with van der Waals surface area (Å²) < 4.78 is 5.78. The molecule has 1 aliphatic rings. The average Bonchev–Trinajstić information content (AvgIpc) is 3.03. The van der Waals surface area contributed by atoms with Crippen LogP contribution in [-0.4, -0.2) is 16.0 Å². The fourth-order valence-corrected chi connectivity index (χ4v) is 4.32.